The molecular weight excluding hydrogens is 342 g/mol. The van der Waals surface area contributed by atoms with Gasteiger partial charge in [0, 0.05) is 10.6 Å². The third-order valence-electron chi connectivity index (χ3n) is 4.33. The van der Waals surface area contributed by atoms with Gasteiger partial charge in [-0.3, -0.25) is 9.59 Å². The lowest BCUT2D eigenvalue weighted by Gasteiger charge is -2.07. The molecule has 1 heterocycles. The van der Waals surface area contributed by atoms with Gasteiger partial charge in [-0.15, -0.1) is 11.3 Å². The second kappa shape index (κ2) is 7.77. The van der Waals surface area contributed by atoms with Crippen molar-refractivity contribution in [1.29, 1.82) is 0 Å². The molecule has 1 fully saturated rings. The molecule has 8 heteroatoms. The van der Waals surface area contributed by atoms with Crippen LogP contribution >= 0.6 is 11.3 Å². The van der Waals surface area contributed by atoms with Crippen LogP contribution in [0.15, 0.2) is 5.10 Å². The number of aryl methyl sites for hydroxylation is 1. The number of nitrogens with one attached hydrogen (secondary N) is 2. The largest absolute Gasteiger partial charge is 0.462 e. The average molecular weight is 363 g/mol. The van der Waals surface area contributed by atoms with Crippen molar-refractivity contribution in [3.63, 3.8) is 0 Å². The molecular formula is C17H21N3O4S. The molecule has 0 atom stereocenters. The summed E-state index contributed by atoms with van der Waals surface area (Å²) in [7, 11) is 0. The minimum atomic E-state index is -0.831. The summed E-state index contributed by atoms with van der Waals surface area (Å²) in [6, 6.07) is 0. The topological polar surface area (TPSA) is 96.9 Å². The second-order valence-electron chi connectivity index (χ2n) is 6.06. The van der Waals surface area contributed by atoms with Gasteiger partial charge >= 0.3 is 17.8 Å². The highest BCUT2D eigenvalue weighted by Gasteiger charge is 2.29. The Morgan fingerprint density at radius 2 is 1.84 bits per heavy atom. The van der Waals surface area contributed by atoms with E-state index in [0.717, 1.165) is 61.1 Å². The molecule has 0 spiro atoms. The predicted octanol–water partition coefficient (Wildman–Crippen LogP) is 2.40. The Morgan fingerprint density at radius 1 is 1.08 bits per heavy atom. The zero-order chi connectivity index (χ0) is 17.8. The van der Waals surface area contributed by atoms with Crippen LogP contribution in [0.1, 0.15) is 59.8 Å². The molecule has 2 N–H and O–H groups in total. The maximum Gasteiger partial charge on any atom is 0.341 e. The Morgan fingerprint density at radius 3 is 2.56 bits per heavy atom. The number of esters is 1. The van der Waals surface area contributed by atoms with E-state index in [9.17, 15) is 14.4 Å². The number of rotatable bonds is 4. The highest BCUT2D eigenvalue weighted by Crippen LogP contribution is 2.39. The quantitative estimate of drug-likeness (QED) is 0.488. The van der Waals surface area contributed by atoms with E-state index in [1.807, 2.05) is 0 Å². The molecule has 0 unspecified atom stereocenters. The second-order valence-corrected chi connectivity index (χ2v) is 7.17. The lowest BCUT2D eigenvalue weighted by atomic mass is 10.1. The molecule has 1 aromatic heterocycles. The fraction of sp³-hybridized carbons (Fsp3) is 0.529. The molecule has 1 saturated carbocycles. The number of ether oxygens (including phenoxy) is 1. The van der Waals surface area contributed by atoms with Crippen molar-refractivity contribution < 1.29 is 19.1 Å². The Bertz CT molecular complexity index is 730. The normalized spacial score (nSPS) is 15.6. The summed E-state index contributed by atoms with van der Waals surface area (Å²) < 4.78 is 5.10. The van der Waals surface area contributed by atoms with Gasteiger partial charge in [-0.05, 0) is 57.4 Å². The van der Waals surface area contributed by atoms with Crippen molar-refractivity contribution in [3.05, 3.63) is 16.0 Å². The zero-order valence-electron chi connectivity index (χ0n) is 14.1. The van der Waals surface area contributed by atoms with E-state index in [4.69, 9.17) is 4.74 Å². The fourth-order valence-corrected chi connectivity index (χ4v) is 4.42. The molecule has 7 nitrogen and oxygen atoms in total. The summed E-state index contributed by atoms with van der Waals surface area (Å²) in [6.45, 7) is 1.99. The number of carbonyl (C=O) groups excluding carboxylic acids is 3. The average Bonchev–Trinajstić information content (AvgIpc) is 3.29. The van der Waals surface area contributed by atoms with Crippen LogP contribution in [0.2, 0.25) is 0 Å². The molecule has 2 aliphatic rings. The van der Waals surface area contributed by atoms with E-state index in [0.29, 0.717) is 10.6 Å². The molecule has 0 aromatic carbocycles. The monoisotopic (exact) mass is 363 g/mol. The lowest BCUT2D eigenvalue weighted by molar-refractivity contribution is -0.136. The number of hydrogen-bond donors (Lipinski definition) is 2. The third kappa shape index (κ3) is 3.89. The van der Waals surface area contributed by atoms with Gasteiger partial charge in [0.05, 0.1) is 12.2 Å². The number of fused-ring (bicyclic) bond motifs is 1. The molecule has 2 aliphatic carbocycles. The van der Waals surface area contributed by atoms with Crippen molar-refractivity contribution in [3.8, 4) is 0 Å². The van der Waals surface area contributed by atoms with Crippen LogP contribution in [0.3, 0.4) is 0 Å². The first-order chi connectivity index (χ1) is 12.1. The van der Waals surface area contributed by atoms with Gasteiger partial charge in [0.25, 0.3) is 0 Å². The van der Waals surface area contributed by atoms with Gasteiger partial charge in [0.2, 0.25) is 0 Å². The van der Waals surface area contributed by atoms with Crippen molar-refractivity contribution in [2.75, 3.05) is 11.9 Å². The number of hydrazone groups is 1. The maximum atomic E-state index is 12.2. The highest BCUT2D eigenvalue weighted by molar-refractivity contribution is 7.17. The van der Waals surface area contributed by atoms with Gasteiger partial charge in [-0.2, -0.15) is 5.10 Å². The zero-order valence-corrected chi connectivity index (χ0v) is 15.0. The van der Waals surface area contributed by atoms with Gasteiger partial charge in [0.1, 0.15) is 5.00 Å². The van der Waals surface area contributed by atoms with Crippen molar-refractivity contribution >= 4 is 39.8 Å². The number of carbonyl (C=O) groups is 3. The Kier molecular flexibility index (Phi) is 5.47. The first kappa shape index (κ1) is 17.6. The summed E-state index contributed by atoms with van der Waals surface area (Å²) in [5.41, 5.74) is 4.53. The van der Waals surface area contributed by atoms with Gasteiger partial charge in [-0.25, -0.2) is 10.2 Å². The predicted molar refractivity (Wildman–Crippen MR) is 95.0 cm³/mol. The van der Waals surface area contributed by atoms with Crippen molar-refractivity contribution in [2.45, 2.75) is 51.9 Å². The molecule has 3 rings (SSSR count). The van der Waals surface area contributed by atoms with Crippen LogP contribution in [0.5, 0.6) is 0 Å². The van der Waals surface area contributed by atoms with Gasteiger partial charge in [0.15, 0.2) is 0 Å². The molecule has 0 saturated heterocycles. The molecule has 0 aliphatic heterocycles. The summed E-state index contributed by atoms with van der Waals surface area (Å²) in [5.74, 6) is -2.11. The van der Waals surface area contributed by atoms with E-state index < -0.39 is 17.8 Å². The molecule has 2 amide bonds. The number of hydrogen-bond acceptors (Lipinski definition) is 6. The first-order valence-corrected chi connectivity index (χ1v) is 9.40. The van der Waals surface area contributed by atoms with E-state index in [1.165, 1.54) is 11.3 Å². The first-order valence-electron chi connectivity index (χ1n) is 8.58. The van der Waals surface area contributed by atoms with Crippen LogP contribution in [-0.2, 0) is 27.2 Å². The minimum Gasteiger partial charge on any atom is -0.462 e. The van der Waals surface area contributed by atoms with E-state index in [1.54, 1.807) is 6.92 Å². The summed E-state index contributed by atoms with van der Waals surface area (Å²) in [5, 5.41) is 6.93. The number of anilines is 1. The van der Waals surface area contributed by atoms with Crippen LogP contribution in [0.25, 0.3) is 0 Å². The van der Waals surface area contributed by atoms with Crippen molar-refractivity contribution in [1.82, 2.24) is 5.43 Å². The number of nitrogens with zero attached hydrogens (tertiary/aromatic N) is 1. The summed E-state index contributed by atoms with van der Waals surface area (Å²) >= 11 is 1.34. The van der Waals surface area contributed by atoms with Gasteiger partial charge < -0.3 is 10.1 Å². The third-order valence-corrected chi connectivity index (χ3v) is 5.54. The van der Waals surface area contributed by atoms with Crippen LogP contribution < -0.4 is 10.7 Å². The SMILES string of the molecule is CCOC(=O)c1c(NC(=O)C(=O)NN=C2CCCC2)sc2c1CCC2. The standard InChI is InChI=1S/C17H21N3O4S/c1-2-24-17(23)13-11-8-5-9-12(11)25-16(13)18-14(21)15(22)20-19-10-6-3-4-7-10/h2-9H2,1H3,(H,18,21)(H,20,22). The molecule has 0 radical (unpaired) electrons. The van der Waals surface area contributed by atoms with Crippen LogP contribution in [0, 0.1) is 0 Å². The van der Waals surface area contributed by atoms with Crippen LogP contribution in [0.4, 0.5) is 5.00 Å². The van der Waals surface area contributed by atoms with Gasteiger partial charge in [-0.1, -0.05) is 0 Å². The Balaban J connectivity index is 1.71. The van der Waals surface area contributed by atoms with Crippen LogP contribution in [-0.4, -0.2) is 30.1 Å². The number of thiophene rings is 1. The Hall–Kier alpha value is -2.22. The minimum absolute atomic E-state index is 0.259. The fourth-order valence-electron chi connectivity index (χ4n) is 3.15. The van der Waals surface area contributed by atoms with E-state index in [-0.39, 0.29) is 6.61 Å². The highest BCUT2D eigenvalue weighted by atomic mass is 32.1. The van der Waals surface area contributed by atoms with E-state index in [2.05, 4.69) is 15.8 Å². The lowest BCUT2D eigenvalue weighted by Crippen LogP contribution is -2.33. The summed E-state index contributed by atoms with van der Waals surface area (Å²) in [4.78, 5) is 37.4. The molecule has 25 heavy (non-hydrogen) atoms. The molecule has 0 bridgehead atoms. The number of amides is 2. The summed E-state index contributed by atoms with van der Waals surface area (Å²) in [6.07, 6.45) is 6.48. The maximum absolute atomic E-state index is 12.2. The smallest absolute Gasteiger partial charge is 0.341 e. The van der Waals surface area contributed by atoms with E-state index >= 15 is 0 Å². The molecule has 1 aromatic rings. The Labute approximate surface area is 149 Å². The van der Waals surface area contributed by atoms with Crippen molar-refractivity contribution in [2.24, 2.45) is 5.10 Å². The molecule has 134 valence electrons.